The number of carbonyl (C=O) groups is 1. The van der Waals surface area contributed by atoms with Crippen LogP contribution >= 0.6 is 0 Å². The minimum Gasteiger partial charge on any atom is -0.352 e. The van der Waals surface area contributed by atoms with Crippen LogP contribution in [0.4, 0.5) is 0 Å². The Morgan fingerprint density at radius 3 is 2.46 bits per heavy atom. The molecule has 0 bridgehead atoms. The Bertz CT molecular complexity index is 965. The highest BCUT2D eigenvalue weighted by molar-refractivity contribution is 5.91. The number of imidazole rings is 1. The summed E-state index contributed by atoms with van der Waals surface area (Å²) in [5.41, 5.74) is 4.47. The van der Waals surface area contributed by atoms with E-state index in [1.807, 2.05) is 36.4 Å². The molecule has 0 spiro atoms. The second-order valence-electron chi connectivity index (χ2n) is 7.68. The van der Waals surface area contributed by atoms with Crippen molar-refractivity contribution >= 4 is 23.0 Å². The molecule has 0 saturated carbocycles. The molecule has 3 rings (SSSR count). The maximum Gasteiger partial charge on any atom is 0.244 e. The zero-order valence-corrected chi connectivity index (χ0v) is 17.1. The molecule has 4 nitrogen and oxygen atoms in total. The first-order chi connectivity index (χ1) is 13.5. The number of hydrogen-bond donors (Lipinski definition) is 1. The number of amides is 1. The zero-order valence-electron chi connectivity index (χ0n) is 17.1. The van der Waals surface area contributed by atoms with Crippen molar-refractivity contribution in [1.82, 2.24) is 14.9 Å². The van der Waals surface area contributed by atoms with Crippen LogP contribution in [0.2, 0.25) is 0 Å². The van der Waals surface area contributed by atoms with E-state index in [9.17, 15) is 4.79 Å². The summed E-state index contributed by atoms with van der Waals surface area (Å²) in [6.07, 6.45) is 4.15. The molecule has 3 aromatic rings. The van der Waals surface area contributed by atoms with Gasteiger partial charge in [0.2, 0.25) is 5.91 Å². The molecule has 1 heterocycles. The van der Waals surface area contributed by atoms with Crippen molar-refractivity contribution < 1.29 is 4.79 Å². The second kappa shape index (κ2) is 8.87. The number of aromatic nitrogens is 2. The van der Waals surface area contributed by atoms with Gasteiger partial charge in [0.25, 0.3) is 0 Å². The van der Waals surface area contributed by atoms with Gasteiger partial charge in [-0.15, -0.1) is 0 Å². The first-order valence-electron chi connectivity index (χ1n) is 9.97. The normalized spacial score (nSPS) is 11.8. The lowest BCUT2D eigenvalue weighted by Gasteiger charge is -2.13. The predicted molar refractivity (Wildman–Crippen MR) is 116 cm³/mol. The number of para-hydroxylation sites is 2. The van der Waals surface area contributed by atoms with Crippen molar-refractivity contribution in [2.24, 2.45) is 0 Å². The van der Waals surface area contributed by atoms with E-state index in [4.69, 9.17) is 4.98 Å². The average Bonchev–Trinajstić information content (AvgIpc) is 3.05. The zero-order chi connectivity index (χ0) is 20.1. The van der Waals surface area contributed by atoms with Gasteiger partial charge < -0.3 is 9.88 Å². The summed E-state index contributed by atoms with van der Waals surface area (Å²) in [4.78, 5) is 16.9. The first-order valence-corrected chi connectivity index (χ1v) is 9.97. The minimum absolute atomic E-state index is 0.0832. The number of carbonyl (C=O) groups excluding carboxylic acids is 1. The van der Waals surface area contributed by atoms with E-state index in [-0.39, 0.29) is 5.91 Å². The van der Waals surface area contributed by atoms with Gasteiger partial charge >= 0.3 is 0 Å². The lowest BCUT2D eigenvalue weighted by Crippen LogP contribution is -2.24. The van der Waals surface area contributed by atoms with Gasteiger partial charge in [0.05, 0.1) is 11.0 Å². The van der Waals surface area contributed by atoms with Gasteiger partial charge in [-0.05, 0) is 49.1 Å². The summed E-state index contributed by atoms with van der Waals surface area (Å²) >= 11 is 0. The van der Waals surface area contributed by atoms with Crippen molar-refractivity contribution in [3.05, 3.63) is 71.6 Å². The molecule has 2 aromatic carbocycles. The molecular formula is C24H29N3O. The lowest BCUT2D eigenvalue weighted by atomic mass is 10.0. The van der Waals surface area contributed by atoms with Crippen LogP contribution in [-0.4, -0.2) is 22.0 Å². The molecular weight excluding hydrogens is 346 g/mol. The van der Waals surface area contributed by atoms with Crippen LogP contribution in [0.3, 0.4) is 0 Å². The number of rotatable bonds is 7. The quantitative estimate of drug-likeness (QED) is 0.583. The molecule has 0 saturated heterocycles. The van der Waals surface area contributed by atoms with Gasteiger partial charge in [0, 0.05) is 25.1 Å². The fourth-order valence-electron chi connectivity index (χ4n) is 3.37. The maximum absolute atomic E-state index is 12.1. The van der Waals surface area contributed by atoms with E-state index in [1.54, 1.807) is 6.08 Å². The molecule has 0 atom stereocenters. The summed E-state index contributed by atoms with van der Waals surface area (Å²) in [5.74, 6) is 1.43. The Morgan fingerprint density at radius 2 is 1.79 bits per heavy atom. The first kappa shape index (κ1) is 19.9. The summed E-state index contributed by atoms with van der Waals surface area (Å²) < 4.78 is 2.24. The molecule has 0 aliphatic rings. The van der Waals surface area contributed by atoms with Crippen LogP contribution in [-0.2, 0) is 11.2 Å². The van der Waals surface area contributed by atoms with Crippen molar-refractivity contribution in [3.8, 4) is 0 Å². The van der Waals surface area contributed by atoms with Crippen molar-refractivity contribution in [3.63, 3.8) is 0 Å². The fourth-order valence-corrected chi connectivity index (χ4v) is 3.37. The molecule has 1 aromatic heterocycles. The van der Waals surface area contributed by atoms with Crippen LogP contribution in [0, 0.1) is 0 Å². The van der Waals surface area contributed by atoms with Crippen LogP contribution < -0.4 is 5.32 Å². The summed E-state index contributed by atoms with van der Waals surface area (Å²) in [5, 5.41) is 2.96. The standard InChI is InChI=1S/C24H29N3O/c1-17(2)20-12-9-19(10-13-20)11-14-24(28)25-16-15-23-26-21-7-5-6-8-22(21)27(23)18(3)4/h5-14,17-18H,15-16H2,1-4H3,(H,25,28)/b14-11+. The molecule has 0 fully saturated rings. The summed E-state index contributed by atoms with van der Waals surface area (Å²) in [6.45, 7) is 9.22. The van der Waals surface area contributed by atoms with Crippen LogP contribution in [0.25, 0.3) is 17.1 Å². The molecule has 0 aliphatic heterocycles. The van der Waals surface area contributed by atoms with Crippen LogP contribution in [0.1, 0.15) is 56.6 Å². The molecule has 28 heavy (non-hydrogen) atoms. The number of nitrogens with zero attached hydrogens (tertiary/aromatic N) is 2. The minimum atomic E-state index is -0.0832. The molecule has 0 radical (unpaired) electrons. The number of nitrogens with one attached hydrogen (secondary N) is 1. The van der Waals surface area contributed by atoms with Gasteiger partial charge in [-0.2, -0.15) is 0 Å². The highest BCUT2D eigenvalue weighted by Gasteiger charge is 2.12. The van der Waals surface area contributed by atoms with Crippen molar-refractivity contribution in [2.45, 2.75) is 46.1 Å². The Kier molecular flexibility index (Phi) is 6.30. The number of hydrogen-bond acceptors (Lipinski definition) is 2. The maximum atomic E-state index is 12.1. The Balaban J connectivity index is 1.58. The van der Waals surface area contributed by atoms with E-state index in [0.717, 1.165) is 22.4 Å². The molecule has 146 valence electrons. The monoisotopic (exact) mass is 375 g/mol. The third-order valence-electron chi connectivity index (χ3n) is 4.86. The smallest absolute Gasteiger partial charge is 0.244 e. The second-order valence-corrected chi connectivity index (χ2v) is 7.68. The number of fused-ring (bicyclic) bond motifs is 1. The SMILES string of the molecule is CC(C)c1ccc(/C=C/C(=O)NCCc2nc3ccccc3n2C(C)C)cc1. The largest absolute Gasteiger partial charge is 0.352 e. The molecule has 1 N–H and O–H groups in total. The van der Waals surface area contributed by atoms with Crippen LogP contribution in [0.15, 0.2) is 54.6 Å². The van der Waals surface area contributed by atoms with Gasteiger partial charge in [-0.3, -0.25) is 4.79 Å². The highest BCUT2D eigenvalue weighted by atomic mass is 16.1. The number of benzene rings is 2. The van der Waals surface area contributed by atoms with Crippen LogP contribution in [0.5, 0.6) is 0 Å². The van der Waals surface area contributed by atoms with Crippen molar-refractivity contribution in [1.29, 1.82) is 0 Å². The van der Waals surface area contributed by atoms with Gasteiger partial charge in [0.15, 0.2) is 0 Å². The molecule has 0 unspecified atom stereocenters. The predicted octanol–water partition coefficient (Wildman–Crippen LogP) is 5.11. The van der Waals surface area contributed by atoms with E-state index in [1.165, 1.54) is 5.56 Å². The third-order valence-corrected chi connectivity index (χ3v) is 4.86. The van der Waals surface area contributed by atoms with E-state index >= 15 is 0 Å². The Hall–Kier alpha value is -2.88. The third kappa shape index (κ3) is 4.69. The Labute approximate surface area is 167 Å². The summed E-state index contributed by atoms with van der Waals surface area (Å²) in [6, 6.07) is 16.8. The molecule has 1 amide bonds. The highest BCUT2D eigenvalue weighted by Crippen LogP contribution is 2.21. The lowest BCUT2D eigenvalue weighted by molar-refractivity contribution is -0.116. The van der Waals surface area contributed by atoms with Crippen molar-refractivity contribution in [2.75, 3.05) is 6.54 Å². The van der Waals surface area contributed by atoms with Gasteiger partial charge in [-0.25, -0.2) is 4.98 Å². The van der Waals surface area contributed by atoms with E-state index in [0.29, 0.717) is 24.9 Å². The van der Waals surface area contributed by atoms with E-state index in [2.05, 4.69) is 55.8 Å². The fraction of sp³-hybridized carbons (Fsp3) is 0.333. The average molecular weight is 376 g/mol. The van der Waals surface area contributed by atoms with Gasteiger partial charge in [-0.1, -0.05) is 50.2 Å². The Morgan fingerprint density at radius 1 is 1.07 bits per heavy atom. The van der Waals surface area contributed by atoms with Gasteiger partial charge in [0.1, 0.15) is 5.82 Å². The van der Waals surface area contributed by atoms with E-state index < -0.39 is 0 Å². The molecule has 4 heteroatoms. The summed E-state index contributed by atoms with van der Waals surface area (Å²) in [7, 11) is 0. The molecule has 0 aliphatic carbocycles. The topological polar surface area (TPSA) is 46.9 Å².